The molecule has 1 heterocycles. The molecule has 0 saturated heterocycles. The van der Waals surface area contributed by atoms with E-state index in [0.717, 1.165) is 23.1 Å². The van der Waals surface area contributed by atoms with Crippen LogP contribution in [0, 0.1) is 0 Å². The van der Waals surface area contributed by atoms with Crippen molar-refractivity contribution in [2.45, 2.75) is 6.18 Å². The normalized spacial score (nSPS) is 12.7. The summed E-state index contributed by atoms with van der Waals surface area (Å²) in [4.78, 5) is 36.5. The number of ether oxygens (including phenoxy) is 2. The van der Waals surface area contributed by atoms with Crippen molar-refractivity contribution in [3.05, 3.63) is 77.4 Å². The number of carbonyl (C=O) groups is 3. The number of nitrogens with one attached hydrogen (secondary N) is 1. The summed E-state index contributed by atoms with van der Waals surface area (Å²) in [5.41, 5.74) is 4.89. The summed E-state index contributed by atoms with van der Waals surface area (Å²) in [5, 5.41) is 2.18. The number of nitrogens with two attached hydrogens (primary N) is 1. The van der Waals surface area contributed by atoms with Gasteiger partial charge in [0.05, 0.1) is 35.2 Å². The van der Waals surface area contributed by atoms with Crippen LogP contribution in [0.2, 0.25) is 0 Å². The number of hydrogen-bond donors (Lipinski definition) is 2. The topological polar surface area (TPSA) is 111 Å². The molecule has 4 amide bonds. The van der Waals surface area contributed by atoms with Crippen molar-refractivity contribution < 1.29 is 37.0 Å². The van der Waals surface area contributed by atoms with Gasteiger partial charge in [0, 0.05) is 0 Å². The second kappa shape index (κ2) is 8.43. The number of primary amides is 1. The number of rotatable bonds is 5. The molecule has 3 N–H and O–H groups in total. The lowest BCUT2D eigenvalue weighted by Crippen LogP contribution is -2.32. The first-order chi connectivity index (χ1) is 16.1. The Morgan fingerprint density at radius 2 is 1.56 bits per heavy atom. The largest absolute Gasteiger partial charge is 0.495 e. The van der Waals surface area contributed by atoms with Crippen molar-refractivity contribution >= 4 is 29.2 Å². The number of nitrogens with zero attached hydrogens (tertiary/aromatic N) is 1. The second-order valence-electron chi connectivity index (χ2n) is 7.14. The summed E-state index contributed by atoms with van der Waals surface area (Å²) in [6.07, 6.45) is -4.64. The van der Waals surface area contributed by atoms with E-state index < -0.39 is 29.6 Å². The molecule has 3 aromatic carbocycles. The molecule has 4 rings (SSSR count). The molecule has 174 valence electrons. The predicted molar refractivity (Wildman–Crippen MR) is 114 cm³/mol. The van der Waals surface area contributed by atoms with Gasteiger partial charge in [-0.3, -0.25) is 19.8 Å². The molecule has 0 atom stereocenters. The van der Waals surface area contributed by atoms with Crippen LogP contribution in [-0.4, -0.2) is 25.0 Å². The molecule has 8 nitrogen and oxygen atoms in total. The van der Waals surface area contributed by atoms with Gasteiger partial charge in [-0.1, -0.05) is 0 Å². The Balaban J connectivity index is 1.64. The van der Waals surface area contributed by atoms with Gasteiger partial charge in [-0.05, 0) is 60.7 Å². The Labute approximate surface area is 190 Å². The maximum absolute atomic E-state index is 13.2. The zero-order valence-electron chi connectivity index (χ0n) is 17.5. The summed E-state index contributed by atoms with van der Waals surface area (Å²) < 4.78 is 50.5. The average molecular weight is 471 g/mol. The number of benzene rings is 3. The highest BCUT2D eigenvalue weighted by Gasteiger charge is 2.33. The number of amides is 4. The van der Waals surface area contributed by atoms with Gasteiger partial charge in [0.25, 0.3) is 11.8 Å². The Bertz CT molecular complexity index is 1310. The molecule has 1 aliphatic heterocycles. The fourth-order valence-corrected chi connectivity index (χ4v) is 3.44. The third-order valence-electron chi connectivity index (χ3n) is 5.01. The third-order valence-corrected chi connectivity index (χ3v) is 5.01. The summed E-state index contributed by atoms with van der Waals surface area (Å²) in [6.45, 7) is 0. The second-order valence-corrected chi connectivity index (χ2v) is 7.14. The number of urea groups is 1. The molecule has 0 aliphatic carbocycles. The van der Waals surface area contributed by atoms with Gasteiger partial charge in [0.15, 0.2) is 0 Å². The molecule has 0 fully saturated rings. The zero-order chi connectivity index (χ0) is 24.6. The first-order valence-corrected chi connectivity index (χ1v) is 9.71. The summed E-state index contributed by atoms with van der Waals surface area (Å²) >= 11 is 0. The van der Waals surface area contributed by atoms with Crippen molar-refractivity contribution in [2.24, 2.45) is 5.73 Å². The Morgan fingerprint density at radius 1 is 0.912 bits per heavy atom. The Kier molecular flexibility index (Phi) is 5.61. The molecule has 0 radical (unpaired) electrons. The number of alkyl halides is 3. The van der Waals surface area contributed by atoms with E-state index in [0.29, 0.717) is 5.75 Å². The van der Waals surface area contributed by atoms with Crippen LogP contribution in [0.1, 0.15) is 26.3 Å². The van der Waals surface area contributed by atoms with Gasteiger partial charge in [-0.25, -0.2) is 4.79 Å². The fourth-order valence-electron chi connectivity index (χ4n) is 3.44. The molecule has 0 saturated carbocycles. The minimum absolute atomic E-state index is 0.0121. The van der Waals surface area contributed by atoms with E-state index in [2.05, 4.69) is 5.32 Å². The zero-order valence-corrected chi connectivity index (χ0v) is 17.5. The molecule has 0 bridgehead atoms. The van der Waals surface area contributed by atoms with Crippen LogP contribution in [0.15, 0.2) is 60.7 Å². The minimum atomic E-state index is -4.64. The van der Waals surface area contributed by atoms with Gasteiger partial charge in [0.1, 0.15) is 17.2 Å². The van der Waals surface area contributed by atoms with E-state index in [1.807, 2.05) is 0 Å². The molecular formula is C23H16F3N3O5. The van der Waals surface area contributed by atoms with E-state index >= 15 is 0 Å². The molecule has 0 aromatic heterocycles. The van der Waals surface area contributed by atoms with Crippen molar-refractivity contribution in [3.63, 3.8) is 0 Å². The van der Waals surface area contributed by atoms with Crippen LogP contribution >= 0.6 is 0 Å². The van der Waals surface area contributed by atoms with Crippen LogP contribution < -0.4 is 25.4 Å². The van der Waals surface area contributed by atoms with Crippen molar-refractivity contribution in [1.82, 2.24) is 5.32 Å². The highest BCUT2D eigenvalue weighted by atomic mass is 19.4. The first-order valence-electron chi connectivity index (χ1n) is 9.71. The van der Waals surface area contributed by atoms with E-state index in [4.69, 9.17) is 15.2 Å². The number of fused-ring (bicyclic) bond motifs is 1. The number of carbonyl (C=O) groups excluding carboxylic acids is 3. The number of methoxy groups -OCH3 is 1. The number of halogens is 3. The maximum Gasteiger partial charge on any atom is 0.416 e. The van der Waals surface area contributed by atoms with E-state index in [1.54, 1.807) is 0 Å². The number of anilines is 2. The van der Waals surface area contributed by atoms with E-state index in [9.17, 15) is 27.6 Å². The number of hydrogen-bond acceptors (Lipinski definition) is 5. The molecule has 0 spiro atoms. The predicted octanol–water partition coefficient (Wildman–Crippen LogP) is 4.61. The van der Waals surface area contributed by atoms with E-state index in [1.165, 1.54) is 49.6 Å². The van der Waals surface area contributed by atoms with Crippen LogP contribution in [0.4, 0.5) is 29.3 Å². The lowest BCUT2D eigenvalue weighted by Gasteiger charge is -2.24. The van der Waals surface area contributed by atoms with Gasteiger partial charge in [0.2, 0.25) is 0 Å². The smallest absolute Gasteiger partial charge is 0.416 e. The fraction of sp³-hybridized carbons (Fsp3) is 0.0870. The molecule has 11 heteroatoms. The highest BCUT2D eigenvalue weighted by Crippen LogP contribution is 2.40. The van der Waals surface area contributed by atoms with Crippen molar-refractivity contribution in [1.29, 1.82) is 0 Å². The van der Waals surface area contributed by atoms with E-state index in [-0.39, 0.29) is 34.0 Å². The van der Waals surface area contributed by atoms with Gasteiger partial charge in [-0.15, -0.1) is 0 Å². The average Bonchev–Trinajstić information content (AvgIpc) is 3.07. The highest BCUT2D eigenvalue weighted by molar-refractivity contribution is 6.21. The lowest BCUT2D eigenvalue weighted by molar-refractivity contribution is -0.137. The quantitative estimate of drug-likeness (QED) is 0.528. The minimum Gasteiger partial charge on any atom is -0.495 e. The van der Waals surface area contributed by atoms with Crippen molar-refractivity contribution in [3.8, 4) is 17.2 Å². The van der Waals surface area contributed by atoms with Crippen LogP contribution in [0.25, 0.3) is 0 Å². The van der Waals surface area contributed by atoms with Gasteiger partial charge in [-0.2, -0.15) is 13.2 Å². The van der Waals surface area contributed by atoms with Gasteiger partial charge >= 0.3 is 12.2 Å². The van der Waals surface area contributed by atoms with Crippen LogP contribution in [0.3, 0.4) is 0 Å². The van der Waals surface area contributed by atoms with Crippen molar-refractivity contribution in [2.75, 3.05) is 12.0 Å². The Hall–Kier alpha value is -4.54. The summed E-state index contributed by atoms with van der Waals surface area (Å²) in [6, 6.07) is 11.8. The summed E-state index contributed by atoms with van der Waals surface area (Å²) in [7, 11) is 1.26. The SMILES string of the molecule is COc1ccc(C(F)(F)F)cc1N(C(N)=O)c1ccc(Oc2ccc3c(c2)C(=O)NC3=O)cc1. The summed E-state index contributed by atoms with van der Waals surface area (Å²) in [5.74, 6) is -0.435. The molecule has 0 unspecified atom stereocenters. The molecule has 3 aromatic rings. The molecular weight excluding hydrogens is 455 g/mol. The number of imide groups is 1. The first kappa shape index (κ1) is 22.6. The maximum atomic E-state index is 13.2. The van der Waals surface area contributed by atoms with Crippen LogP contribution in [-0.2, 0) is 6.18 Å². The molecule has 34 heavy (non-hydrogen) atoms. The standard InChI is InChI=1S/C23H16F3N3O5/c1-33-19-9-2-12(23(24,25)26)10-18(19)29(22(27)32)13-3-5-14(6-4-13)34-15-7-8-16-17(11-15)21(31)28-20(16)30/h2-11H,1H3,(H2,27,32)(H,28,30,31). The monoisotopic (exact) mass is 471 g/mol. The van der Waals surface area contributed by atoms with Crippen LogP contribution in [0.5, 0.6) is 17.2 Å². The third kappa shape index (κ3) is 4.22. The molecule has 1 aliphatic rings. The lowest BCUT2D eigenvalue weighted by atomic mass is 10.1. The van der Waals surface area contributed by atoms with Gasteiger partial charge < -0.3 is 15.2 Å². The Morgan fingerprint density at radius 3 is 2.18 bits per heavy atom.